The number of alkyl halides is 6. The minimum atomic E-state index is -5.37. The van der Waals surface area contributed by atoms with Gasteiger partial charge in [-0.15, -0.1) is 0 Å². The van der Waals surface area contributed by atoms with E-state index in [1.165, 1.54) is 6.08 Å². The van der Waals surface area contributed by atoms with Gasteiger partial charge in [-0.05, 0) is 37.8 Å². The van der Waals surface area contributed by atoms with Crippen LogP contribution in [0, 0.1) is 5.41 Å². The fourth-order valence-electron chi connectivity index (χ4n) is 1.93. The van der Waals surface area contributed by atoms with E-state index in [1.54, 1.807) is 6.92 Å². The van der Waals surface area contributed by atoms with Gasteiger partial charge in [0.1, 0.15) is 0 Å². The third-order valence-electron chi connectivity index (χ3n) is 3.47. The molecule has 1 aliphatic rings. The zero-order valence-corrected chi connectivity index (χ0v) is 10.5. The molecule has 0 saturated carbocycles. The maximum atomic E-state index is 12.8. The molecule has 0 atom stereocenters. The van der Waals surface area contributed by atoms with Gasteiger partial charge < -0.3 is 0 Å². The fraction of sp³-hybridized carbons (Fsp3) is 0.538. The van der Waals surface area contributed by atoms with Crippen molar-refractivity contribution in [2.45, 2.75) is 39.0 Å². The second kappa shape index (κ2) is 4.72. The highest BCUT2D eigenvalue weighted by molar-refractivity contribution is 5.38. The van der Waals surface area contributed by atoms with Crippen LogP contribution >= 0.6 is 0 Å². The van der Waals surface area contributed by atoms with Crippen LogP contribution in [0.15, 0.2) is 35.5 Å². The van der Waals surface area contributed by atoms with Crippen LogP contribution in [0.5, 0.6) is 0 Å². The van der Waals surface area contributed by atoms with E-state index in [2.05, 4.69) is 6.58 Å². The summed E-state index contributed by atoms with van der Waals surface area (Å²) in [5, 5.41) is 0. The lowest BCUT2D eigenvalue weighted by atomic mass is 9.75. The first-order valence-corrected chi connectivity index (χ1v) is 5.61. The van der Waals surface area contributed by atoms with E-state index in [1.807, 2.05) is 0 Å². The lowest BCUT2D eigenvalue weighted by Gasteiger charge is -2.37. The molecule has 0 amide bonds. The Labute approximate surface area is 107 Å². The van der Waals surface area contributed by atoms with Crippen LogP contribution in [-0.2, 0) is 0 Å². The van der Waals surface area contributed by atoms with E-state index >= 15 is 0 Å². The maximum Gasteiger partial charge on any atom is 0.406 e. The van der Waals surface area contributed by atoms with Crippen LogP contribution in [0.2, 0.25) is 0 Å². The van der Waals surface area contributed by atoms with Gasteiger partial charge in [0.15, 0.2) is 5.41 Å². The zero-order valence-electron chi connectivity index (χ0n) is 10.5. The molecule has 0 bridgehead atoms. The van der Waals surface area contributed by atoms with Gasteiger partial charge >= 0.3 is 12.4 Å². The molecule has 0 spiro atoms. The molecule has 1 rings (SSSR count). The second-order valence-corrected chi connectivity index (χ2v) is 4.78. The molecule has 0 unspecified atom stereocenters. The Morgan fingerprint density at radius 1 is 1.00 bits per heavy atom. The van der Waals surface area contributed by atoms with E-state index < -0.39 is 23.3 Å². The van der Waals surface area contributed by atoms with Crippen molar-refractivity contribution in [1.82, 2.24) is 0 Å². The summed E-state index contributed by atoms with van der Waals surface area (Å²) in [5.41, 5.74) is -3.12. The summed E-state index contributed by atoms with van der Waals surface area (Å²) in [6, 6.07) is 0. The third-order valence-corrected chi connectivity index (χ3v) is 3.47. The van der Waals surface area contributed by atoms with Gasteiger partial charge in [-0.2, -0.15) is 26.3 Å². The molecule has 0 N–H and O–H groups in total. The maximum absolute atomic E-state index is 12.8. The van der Waals surface area contributed by atoms with E-state index in [9.17, 15) is 26.3 Å². The largest absolute Gasteiger partial charge is 0.406 e. The minimum absolute atomic E-state index is 0.142. The van der Waals surface area contributed by atoms with E-state index in [0.717, 1.165) is 6.08 Å². The van der Waals surface area contributed by atoms with Crippen LogP contribution < -0.4 is 0 Å². The molecule has 0 aromatic heterocycles. The molecular formula is C13H14F6. The summed E-state index contributed by atoms with van der Waals surface area (Å²) in [4.78, 5) is 0. The van der Waals surface area contributed by atoms with Crippen LogP contribution in [0.4, 0.5) is 26.3 Å². The average molecular weight is 284 g/mol. The van der Waals surface area contributed by atoms with E-state index in [-0.39, 0.29) is 19.8 Å². The molecule has 0 fully saturated rings. The Kier molecular flexibility index (Phi) is 3.94. The second-order valence-electron chi connectivity index (χ2n) is 4.78. The topological polar surface area (TPSA) is 0 Å². The van der Waals surface area contributed by atoms with E-state index in [4.69, 9.17) is 0 Å². The standard InChI is InChI=1S/C13H14F6/c1-8(2)9-4-6-10(7-5-9)11(3,12(14,15)16)13(17,18)19/h4,6H,1,5,7H2,2-3H3. The van der Waals surface area contributed by atoms with Crippen molar-refractivity contribution in [2.24, 2.45) is 5.41 Å². The SMILES string of the molecule is C=C(C)C1=CC=C(C(C)(C(F)(F)F)C(F)(F)F)CC1. The van der Waals surface area contributed by atoms with Gasteiger partial charge in [-0.3, -0.25) is 0 Å². The number of allylic oxidation sites excluding steroid dienone is 5. The summed E-state index contributed by atoms with van der Waals surface area (Å²) in [6.07, 6.45) is -8.65. The highest BCUT2D eigenvalue weighted by Crippen LogP contribution is 2.56. The summed E-state index contributed by atoms with van der Waals surface area (Å²) < 4.78 is 77.0. The first-order valence-electron chi connectivity index (χ1n) is 5.61. The van der Waals surface area contributed by atoms with Crippen molar-refractivity contribution < 1.29 is 26.3 Å². The van der Waals surface area contributed by atoms with Crippen LogP contribution in [-0.4, -0.2) is 12.4 Å². The Morgan fingerprint density at radius 3 is 1.74 bits per heavy atom. The van der Waals surface area contributed by atoms with Gasteiger partial charge in [0, 0.05) is 0 Å². The fourth-order valence-corrected chi connectivity index (χ4v) is 1.93. The molecule has 0 aromatic rings. The molecule has 0 radical (unpaired) electrons. The van der Waals surface area contributed by atoms with Crippen LogP contribution in [0.3, 0.4) is 0 Å². The summed E-state index contributed by atoms with van der Waals surface area (Å²) in [7, 11) is 0. The van der Waals surface area contributed by atoms with Gasteiger partial charge in [0.05, 0.1) is 0 Å². The van der Waals surface area contributed by atoms with Crippen molar-refractivity contribution in [3.8, 4) is 0 Å². The van der Waals surface area contributed by atoms with Gasteiger partial charge in [-0.1, -0.05) is 24.3 Å². The first kappa shape index (κ1) is 15.9. The number of hydrogen-bond donors (Lipinski definition) is 0. The lowest BCUT2D eigenvalue weighted by molar-refractivity contribution is -0.319. The zero-order chi connectivity index (χ0) is 15.1. The predicted molar refractivity (Wildman–Crippen MR) is 60.4 cm³/mol. The lowest BCUT2D eigenvalue weighted by Crippen LogP contribution is -2.49. The quantitative estimate of drug-likeness (QED) is 0.600. The summed E-state index contributed by atoms with van der Waals surface area (Å²) >= 11 is 0. The summed E-state index contributed by atoms with van der Waals surface area (Å²) in [5.74, 6) is 0. The molecule has 19 heavy (non-hydrogen) atoms. The Hall–Kier alpha value is -1.20. The van der Waals surface area contributed by atoms with Gasteiger partial charge in [-0.25, -0.2) is 0 Å². The van der Waals surface area contributed by atoms with Crippen molar-refractivity contribution in [1.29, 1.82) is 0 Å². The Bertz CT molecular complexity index is 419. The molecular weight excluding hydrogens is 270 g/mol. The highest BCUT2D eigenvalue weighted by atomic mass is 19.4. The molecule has 0 saturated heterocycles. The van der Waals surface area contributed by atoms with Crippen LogP contribution in [0.1, 0.15) is 26.7 Å². The van der Waals surface area contributed by atoms with Crippen molar-refractivity contribution >= 4 is 0 Å². The van der Waals surface area contributed by atoms with Crippen molar-refractivity contribution in [2.75, 3.05) is 0 Å². The summed E-state index contributed by atoms with van der Waals surface area (Å²) in [6.45, 7) is 5.48. The number of rotatable bonds is 2. The Balaban J connectivity index is 3.28. The van der Waals surface area contributed by atoms with Crippen LogP contribution in [0.25, 0.3) is 0 Å². The molecule has 108 valence electrons. The minimum Gasteiger partial charge on any atom is -0.170 e. The van der Waals surface area contributed by atoms with Gasteiger partial charge in [0.25, 0.3) is 0 Å². The molecule has 1 aliphatic carbocycles. The Morgan fingerprint density at radius 2 is 1.47 bits per heavy atom. The monoisotopic (exact) mass is 284 g/mol. The van der Waals surface area contributed by atoms with Crippen molar-refractivity contribution in [3.63, 3.8) is 0 Å². The van der Waals surface area contributed by atoms with Gasteiger partial charge in [0.2, 0.25) is 0 Å². The normalized spacial score (nSPS) is 17.9. The van der Waals surface area contributed by atoms with Crippen molar-refractivity contribution in [3.05, 3.63) is 35.5 Å². The molecule has 0 aromatic carbocycles. The molecule has 0 nitrogen and oxygen atoms in total. The predicted octanol–water partition coefficient (Wildman–Crippen LogP) is 5.34. The highest BCUT2D eigenvalue weighted by Gasteiger charge is 2.68. The molecule has 0 heterocycles. The van der Waals surface area contributed by atoms with E-state index in [0.29, 0.717) is 11.1 Å². The smallest absolute Gasteiger partial charge is 0.170 e. The third kappa shape index (κ3) is 2.72. The molecule has 6 heteroatoms. The number of halogens is 6. The average Bonchev–Trinajstić information content (AvgIpc) is 2.25. The number of hydrogen-bond acceptors (Lipinski definition) is 0. The molecule has 0 aliphatic heterocycles. The first-order chi connectivity index (χ1) is 8.41.